The Labute approximate surface area is 82.3 Å². The van der Waals surface area contributed by atoms with Gasteiger partial charge in [-0.15, -0.1) is 0 Å². The van der Waals surface area contributed by atoms with Crippen LogP contribution in [-0.4, -0.2) is 25.1 Å². The maximum Gasteiger partial charge on any atom is 0.292 e. The van der Waals surface area contributed by atoms with Crippen molar-refractivity contribution in [2.24, 2.45) is 0 Å². The maximum atomic E-state index is 10.6. The van der Waals surface area contributed by atoms with Crippen LogP contribution in [0.25, 0.3) is 0 Å². The number of nitrogens with one attached hydrogen (secondary N) is 2. The molecule has 0 heterocycles. The molecule has 0 amide bonds. The van der Waals surface area contributed by atoms with Gasteiger partial charge in [0.05, 0.1) is 4.92 Å². The van der Waals surface area contributed by atoms with Gasteiger partial charge >= 0.3 is 0 Å². The van der Waals surface area contributed by atoms with Gasteiger partial charge in [-0.25, -0.2) is 0 Å². The molecule has 0 aromatic heterocycles. The van der Waals surface area contributed by atoms with Crippen molar-refractivity contribution in [3.05, 3.63) is 34.4 Å². The molecule has 14 heavy (non-hydrogen) atoms. The molecule has 0 saturated carbocycles. The molecular formula is C9H13N3O2. The molecule has 0 aliphatic rings. The third-order valence-corrected chi connectivity index (χ3v) is 1.79. The Balaban J connectivity index is 2.69. The number of likely N-dealkylation sites (N-methyl/N-ethyl adjacent to an activating group) is 1. The second kappa shape index (κ2) is 5.18. The number of benzene rings is 1. The average Bonchev–Trinajstić information content (AvgIpc) is 2.19. The van der Waals surface area contributed by atoms with E-state index in [0.29, 0.717) is 12.2 Å². The normalized spacial score (nSPS) is 9.79. The molecule has 0 bridgehead atoms. The van der Waals surface area contributed by atoms with E-state index in [9.17, 15) is 10.1 Å². The lowest BCUT2D eigenvalue weighted by atomic mass is 10.2. The van der Waals surface area contributed by atoms with Crippen LogP contribution in [0.15, 0.2) is 24.3 Å². The molecule has 2 N–H and O–H groups in total. The standard InChI is InChI=1S/C9H13N3O2/c1-10-6-7-11-8-4-2-3-5-9(8)12(13)14/h2-5,10-11H,6-7H2,1H3. The number of para-hydroxylation sites is 2. The van der Waals surface area contributed by atoms with E-state index < -0.39 is 0 Å². The van der Waals surface area contributed by atoms with Crippen LogP contribution in [0.1, 0.15) is 0 Å². The highest BCUT2D eigenvalue weighted by molar-refractivity contribution is 5.60. The van der Waals surface area contributed by atoms with Crippen LogP contribution in [0.5, 0.6) is 0 Å². The third kappa shape index (κ3) is 2.70. The van der Waals surface area contributed by atoms with Crippen molar-refractivity contribution in [3.63, 3.8) is 0 Å². The summed E-state index contributed by atoms with van der Waals surface area (Å²) in [6.45, 7) is 1.44. The molecule has 0 spiro atoms. The molecule has 5 heteroatoms. The molecule has 1 aromatic carbocycles. The Bertz CT molecular complexity index is 315. The fraction of sp³-hybridized carbons (Fsp3) is 0.333. The van der Waals surface area contributed by atoms with Crippen LogP contribution in [0.2, 0.25) is 0 Å². The van der Waals surface area contributed by atoms with Crippen molar-refractivity contribution in [2.45, 2.75) is 0 Å². The number of hydrogen-bond donors (Lipinski definition) is 2. The van der Waals surface area contributed by atoms with Gasteiger partial charge in [-0.3, -0.25) is 10.1 Å². The van der Waals surface area contributed by atoms with Crippen molar-refractivity contribution >= 4 is 11.4 Å². The summed E-state index contributed by atoms with van der Waals surface area (Å²) in [6.07, 6.45) is 0. The minimum absolute atomic E-state index is 0.114. The Morgan fingerprint density at radius 1 is 1.36 bits per heavy atom. The molecular weight excluding hydrogens is 182 g/mol. The summed E-state index contributed by atoms with van der Waals surface area (Å²) in [5, 5.41) is 16.6. The molecule has 0 unspecified atom stereocenters. The second-order valence-corrected chi connectivity index (χ2v) is 2.80. The summed E-state index contributed by atoms with van der Waals surface area (Å²) in [7, 11) is 1.83. The molecule has 0 atom stereocenters. The smallest absolute Gasteiger partial charge is 0.292 e. The van der Waals surface area contributed by atoms with E-state index in [4.69, 9.17) is 0 Å². The lowest BCUT2D eigenvalue weighted by Gasteiger charge is -2.05. The van der Waals surface area contributed by atoms with Gasteiger partial charge < -0.3 is 10.6 Å². The molecule has 1 aromatic rings. The molecule has 0 aliphatic heterocycles. The number of nitro benzene ring substituents is 1. The van der Waals surface area contributed by atoms with E-state index in [1.54, 1.807) is 18.2 Å². The molecule has 0 saturated heterocycles. The van der Waals surface area contributed by atoms with Crippen LogP contribution in [0, 0.1) is 10.1 Å². The highest BCUT2D eigenvalue weighted by atomic mass is 16.6. The van der Waals surface area contributed by atoms with Crippen molar-refractivity contribution < 1.29 is 4.92 Å². The molecule has 0 aliphatic carbocycles. The van der Waals surface area contributed by atoms with Gasteiger partial charge in [0.2, 0.25) is 0 Å². The number of hydrogen-bond acceptors (Lipinski definition) is 4. The average molecular weight is 195 g/mol. The number of nitro groups is 1. The van der Waals surface area contributed by atoms with Gasteiger partial charge in [-0.2, -0.15) is 0 Å². The summed E-state index contributed by atoms with van der Waals surface area (Å²) in [5.74, 6) is 0. The molecule has 0 fully saturated rings. The van der Waals surface area contributed by atoms with Gasteiger partial charge in [0.1, 0.15) is 5.69 Å². The quantitative estimate of drug-likeness (QED) is 0.421. The summed E-state index contributed by atoms with van der Waals surface area (Å²) < 4.78 is 0. The van der Waals surface area contributed by atoms with Crippen LogP contribution < -0.4 is 10.6 Å². The lowest BCUT2D eigenvalue weighted by molar-refractivity contribution is -0.384. The SMILES string of the molecule is CNCCNc1ccccc1[N+](=O)[O-]. The van der Waals surface area contributed by atoms with Crippen molar-refractivity contribution in [1.29, 1.82) is 0 Å². The Kier molecular flexibility index (Phi) is 3.87. The minimum Gasteiger partial charge on any atom is -0.378 e. The zero-order chi connectivity index (χ0) is 10.4. The monoisotopic (exact) mass is 195 g/mol. The van der Waals surface area contributed by atoms with Gasteiger partial charge in [0.15, 0.2) is 0 Å². The summed E-state index contributed by atoms with van der Waals surface area (Å²) in [6, 6.07) is 6.62. The highest BCUT2D eigenvalue weighted by Gasteiger charge is 2.10. The van der Waals surface area contributed by atoms with Crippen molar-refractivity contribution in [1.82, 2.24) is 5.32 Å². The number of rotatable bonds is 5. The fourth-order valence-corrected chi connectivity index (χ4v) is 1.10. The zero-order valence-electron chi connectivity index (χ0n) is 7.99. The van der Waals surface area contributed by atoms with Crippen LogP contribution in [0.3, 0.4) is 0 Å². The third-order valence-electron chi connectivity index (χ3n) is 1.79. The summed E-state index contributed by atoms with van der Waals surface area (Å²) in [5.41, 5.74) is 0.677. The molecule has 0 radical (unpaired) electrons. The topological polar surface area (TPSA) is 67.2 Å². The number of anilines is 1. The van der Waals surface area contributed by atoms with E-state index in [0.717, 1.165) is 6.54 Å². The first-order chi connectivity index (χ1) is 6.75. The fourth-order valence-electron chi connectivity index (χ4n) is 1.10. The summed E-state index contributed by atoms with van der Waals surface area (Å²) >= 11 is 0. The van der Waals surface area contributed by atoms with E-state index >= 15 is 0 Å². The first-order valence-corrected chi connectivity index (χ1v) is 4.37. The molecule has 5 nitrogen and oxygen atoms in total. The second-order valence-electron chi connectivity index (χ2n) is 2.80. The van der Waals surface area contributed by atoms with Gasteiger partial charge in [0.25, 0.3) is 5.69 Å². The Hall–Kier alpha value is -1.62. The van der Waals surface area contributed by atoms with Gasteiger partial charge in [-0.1, -0.05) is 12.1 Å². The van der Waals surface area contributed by atoms with Gasteiger partial charge in [0, 0.05) is 19.2 Å². The molecule has 1 rings (SSSR count). The first-order valence-electron chi connectivity index (χ1n) is 4.37. The molecule has 76 valence electrons. The predicted molar refractivity (Wildman–Crippen MR) is 55.5 cm³/mol. The van der Waals surface area contributed by atoms with Crippen LogP contribution >= 0.6 is 0 Å². The highest BCUT2D eigenvalue weighted by Crippen LogP contribution is 2.22. The zero-order valence-corrected chi connectivity index (χ0v) is 7.99. The minimum atomic E-state index is -0.387. The van der Waals surface area contributed by atoms with E-state index in [-0.39, 0.29) is 10.6 Å². The van der Waals surface area contributed by atoms with Crippen molar-refractivity contribution in [3.8, 4) is 0 Å². The van der Waals surface area contributed by atoms with Crippen molar-refractivity contribution in [2.75, 3.05) is 25.5 Å². The van der Waals surface area contributed by atoms with E-state index in [1.165, 1.54) is 6.07 Å². The van der Waals surface area contributed by atoms with E-state index in [1.807, 2.05) is 7.05 Å². The van der Waals surface area contributed by atoms with Gasteiger partial charge in [-0.05, 0) is 13.1 Å². The van der Waals surface area contributed by atoms with Crippen LogP contribution in [0.4, 0.5) is 11.4 Å². The Morgan fingerprint density at radius 3 is 2.71 bits per heavy atom. The number of nitrogens with zero attached hydrogens (tertiary/aromatic N) is 1. The largest absolute Gasteiger partial charge is 0.378 e. The lowest BCUT2D eigenvalue weighted by Crippen LogP contribution is -2.18. The Morgan fingerprint density at radius 2 is 2.07 bits per heavy atom. The summed E-state index contributed by atoms with van der Waals surface area (Å²) in [4.78, 5) is 10.2. The van der Waals surface area contributed by atoms with Crippen LogP contribution in [-0.2, 0) is 0 Å². The predicted octanol–water partition coefficient (Wildman–Crippen LogP) is 1.23. The van der Waals surface area contributed by atoms with E-state index in [2.05, 4.69) is 10.6 Å². The maximum absolute atomic E-state index is 10.6. The first kappa shape index (κ1) is 10.5.